The number of piperazine rings is 1. The first-order valence-electron chi connectivity index (χ1n) is 7.61. The van der Waals surface area contributed by atoms with E-state index in [1.807, 2.05) is 0 Å². The summed E-state index contributed by atoms with van der Waals surface area (Å²) in [6.45, 7) is 3.57. The Morgan fingerprint density at radius 3 is 2.62 bits per heavy atom. The zero-order valence-corrected chi connectivity index (χ0v) is 13.1. The second-order valence-electron chi connectivity index (χ2n) is 5.79. The van der Waals surface area contributed by atoms with Crippen molar-refractivity contribution in [2.75, 3.05) is 38.1 Å². The lowest BCUT2D eigenvalue weighted by Crippen LogP contribution is -2.44. The summed E-state index contributed by atoms with van der Waals surface area (Å²) in [7, 11) is 2.08. The molecular formula is C15H16FN7O. The molecule has 4 heterocycles. The van der Waals surface area contributed by atoms with Gasteiger partial charge in [-0.1, -0.05) is 0 Å². The lowest BCUT2D eigenvalue weighted by molar-refractivity contribution is 0.313. The number of aromatic nitrogens is 5. The SMILES string of the molecule is CN1CCN(c2cnn3c(O)nc(-c4cncc(F)c4)nc23)CC1. The average molecular weight is 329 g/mol. The van der Waals surface area contributed by atoms with Crippen LogP contribution in [-0.2, 0) is 0 Å². The lowest BCUT2D eigenvalue weighted by atomic mass is 10.2. The van der Waals surface area contributed by atoms with Crippen LogP contribution in [0, 0.1) is 5.82 Å². The van der Waals surface area contributed by atoms with Crippen LogP contribution in [0.1, 0.15) is 0 Å². The number of pyridine rings is 1. The number of hydrogen-bond donors (Lipinski definition) is 1. The highest BCUT2D eigenvalue weighted by atomic mass is 19.1. The summed E-state index contributed by atoms with van der Waals surface area (Å²) < 4.78 is 14.7. The number of rotatable bonds is 2. The fourth-order valence-corrected chi connectivity index (χ4v) is 2.79. The van der Waals surface area contributed by atoms with Gasteiger partial charge in [0.25, 0.3) is 0 Å². The smallest absolute Gasteiger partial charge is 0.319 e. The largest absolute Gasteiger partial charge is 0.479 e. The van der Waals surface area contributed by atoms with E-state index in [1.165, 1.54) is 16.8 Å². The maximum absolute atomic E-state index is 13.4. The predicted octanol–water partition coefficient (Wildman–Crippen LogP) is 0.783. The summed E-state index contributed by atoms with van der Waals surface area (Å²) in [4.78, 5) is 16.7. The standard InChI is InChI=1S/C15H16FN7O/c1-21-2-4-22(5-3-21)12-9-18-23-14(12)19-13(20-15(23)24)10-6-11(16)8-17-7-10/h6-9H,2-5H2,1H3,(H,19,20,24). The van der Waals surface area contributed by atoms with Gasteiger partial charge in [-0.15, -0.1) is 0 Å². The van der Waals surface area contributed by atoms with Gasteiger partial charge >= 0.3 is 6.01 Å². The van der Waals surface area contributed by atoms with Crippen molar-refractivity contribution in [3.8, 4) is 17.4 Å². The molecule has 124 valence electrons. The van der Waals surface area contributed by atoms with Gasteiger partial charge in [-0.2, -0.15) is 14.6 Å². The van der Waals surface area contributed by atoms with E-state index >= 15 is 0 Å². The molecule has 0 radical (unpaired) electrons. The van der Waals surface area contributed by atoms with Gasteiger partial charge in [0.15, 0.2) is 11.5 Å². The molecule has 3 aromatic rings. The topological polar surface area (TPSA) is 82.7 Å². The van der Waals surface area contributed by atoms with Crippen LogP contribution in [0.25, 0.3) is 17.0 Å². The second-order valence-corrected chi connectivity index (χ2v) is 5.79. The first-order chi connectivity index (χ1) is 11.6. The second kappa shape index (κ2) is 5.68. The molecule has 1 aliphatic rings. The number of likely N-dealkylation sites (N-methyl/N-ethyl adjacent to an activating group) is 1. The van der Waals surface area contributed by atoms with Gasteiger partial charge in [-0.25, -0.2) is 9.37 Å². The molecule has 1 N–H and O–H groups in total. The Bertz CT molecular complexity index is 889. The Balaban J connectivity index is 1.80. The molecule has 0 saturated carbocycles. The van der Waals surface area contributed by atoms with E-state index in [0.717, 1.165) is 38.1 Å². The summed E-state index contributed by atoms with van der Waals surface area (Å²) in [5.41, 5.74) is 1.72. The summed E-state index contributed by atoms with van der Waals surface area (Å²) in [6, 6.07) is 0.990. The van der Waals surface area contributed by atoms with Gasteiger partial charge in [0.1, 0.15) is 11.5 Å². The molecular weight excluding hydrogens is 313 g/mol. The molecule has 0 unspecified atom stereocenters. The van der Waals surface area contributed by atoms with Crippen LogP contribution in [0.15, 0.2) is 24.7 Å². The quantitative estimate of drug-likeness (QED) is 0.744. The fraction of sp³-hybridized carbons (Fsp3) is 0.333. The van der Waals surface area contributed by atoms with E-state index in [4.69, 9.17) is 0 Å². The van der Waals surface area contributed by atoms with Crippen LogP contribution in [0.4, 0.5) is 10.1 Å². The number of anilines is 1. The Labute approximate surface area is 137 Å². The monoisotopic (exact) mass is 329 g/mol. The normalized spacial score (nSPS) is 16.0. The van der Waals surface area contributed by atoms with Crippen molar-refractivity contribution < 1.29 is 9.50 Å². The molecule has 0 amide bonds. The van der Waals surface area contributed by atoms with E-state index < -0.39 is 5.82 Å². The molecule has 24 heavy (non-hydrogen) atoms. The van der Waals surface area contributed by atoms with Gasteiger partial charge in [-0.05, 0) is 13.1 Å². The molecule has 8 nitrogen and oxygen atoms in total. The van der Waals surface area contributed by atoms with Gasteiger partial charge in [0, 0.05) is 37.9 Å². The van der Waals surface area contributed by atoms with Crippen molar-refractivity contribution in [3.63, 3.8) is 0 Å². The van der Waals surface area contributed by atoms with E-state index in [1.54, 1.807) is 6.20 Å². The maximum Gasteiger partial charge on any atom is 0.319 e. The average Bonchev–Trinajstić information content (AvgIpc) is 3.00. The molecule has 1 fully saturated rings. The van der Waals surface area contributed by atoms with Crippen LogP contribution in [-0.4, -0.2) is 67.8 Å². The van der Waals surface area contributed by atoms with Crippen molar-refractivity contribution in [1.29, 1.82) is 0 Å². The molecule has 0 bridgehead atoms. The van der Waals surface area contributed by atoms with Crippen molar-refractivity contribution in [1.82, 2.24) is 29.5 Å². The van der Waals surface area contributed by atoms with Crippen LogP contribution >= 0.6 is 0 Å². The molecule has 9 heteroatoms. The third-order valence-electron chi connectivity index (χ3n) is 4.14. The Kier molecular flexibility index (Phi) is 3.49. The Morgan fingerprint density at radius 1 is 1.08 bits per heavy atom. The molecule has 3 aromatic heterocycles. The fourth-order valence-electron chi connectivity index (χ4n) is 2.79. The first kappa shape index (κ1) is 14.8. The highest BCUT2D eigenvalue weighted by molar-refractivity contribution is 5.71. The zero-order chi connectivity index (χ0) is 16.7. The Morgan fingerprint density at radius 2 is 1.88 bits per heavy atom. The van der Waals surface area contributed by atoms with Gasteiger partial charge in [-0.3, -0.25) is 4.98 Å². The molecule has 1 aliphatic heterocycles. The minimum Gasteiger partial charge on any atom is -0.479 e. The highest BCUT2D eigenvalue weighted by Crippen LogP contribution is 2.26. The molecule has 4 rings (SSSR count). The van der Waals surface area contributed by atoms with Crippen molar-refractivity contribution in [2.45, 2.75) is 0 Å². The van der Waals surface area contributed by atoms with Crippen molar-refractivity contribution in [2.24, 2.45) is 0 Å². The zero-order valence-electron chi connectivity index (χ0n) is 13.1. The van der Waals surface area contributed by atoms with Crippen molar-refractivity contribution in [3.05, 3.63) is 30.5 Å². The van der Waals surface area contributed by atoms with E-state index in [9.17, 15) is 9.50 Å². The number of fused-ring (bicyclic) bond motifs is 1. The van der Waals surface area contributed by atoms with E-state index in [2.05, 4.69) is 36.9 Å². The van der Waals surface area contributed by atoms with Crippen molar-refractivity contribution >= 4 is 11.3 Å². The van der Waals surface area contributed by atoms with E-state index in [-0.39, 0.29) is 11.8 Å². The molecule has 0 aliphatic carbocycles. The van der Waals surface area contributed by atoms with Crippen LogP contribution < -0.4 is 4.90 Å². The summed E-state index contributed by atoms with van der Waals surface area (Å²) in [6.07, 6.45) is 4.24. The third kappa shape index (κ3) is 2.52. The number of hydrogen-bond acceptors (Lipinski definition) is 7. The summed E-state index contributed by atoms with van der Waals surface area (Å²) in [5.74, 6) is -0.272. The summed E-state index contributed by atoms with van der Waals surface area (Å²) in [5, 5.41) is 14.3. The van der Waals surface area contributed by atoms with Crippen LogP contribution in [0.2, 0.25) is 0 Å². The minimum atomic E-state index is -0.483. The number of nitrogens with zero attached hydrogens (tertiary/aromatic N) is 7. The third-order valence-corrected chi connectivity index (χ3v) is 4.14. The van der Waals surface area contributed by atoms with Gasteiger partial charge in [0.2, 0.25) is 0 Å². The maximum atomic E-state index is 13.4. The highest BCUT2D eigenvalue weighted by Gasteiger charge is 2.21. The molecule has 1 saturated heterocycles. The van der Waals surface area contributed by atoms with Gasteiger partial charge < -0.3 is 14.9 Å². The van der Waals surface area contributed by atoms with E-state index in [0.29, 0.717) is 11.2 Å². The number of halogens is 1. The minimum absolute atomic E-state index is 0.211. The van der Waals surface area contributed by atoms with Gasteiger partial charge in [0.05, 0.1) is 12.4 Å². The summed E-state index contributed by atoms with van der Waals surface area (Å²) >= 11 is 0. The lowest BCUT2D eigenvalue weighted by Gasteiger charge is -2.33. The molecule has 0 spiro atoms. The van der Waals surface area contributed by atoms with Crippen LogP contribution in [0.3, 0.4) is 0 Å². The molecule has 0 atom stereocenters. The first-order valence-corrected chi connectivity index (χ1v) is 7.61. The predicted molar refractivity (Wildman–Crippen MR) is 85.3 cm³/mol. The number of aromatic hydroxyl groups is 1. The Hall–Kier alpha value is -2.81. The molecule has 0 aromatic carbocycles. The van der Waals surface area contributed by atoms with Crippen LogP contribution in [0.5, 0.6) is 6.01 Å².